The van der Waals surface area contributed by atoms with Crippen molar-refractivity contribution in [2.45, 2.75) is 46.1 Å². The zero-order chi connectivity index (χ0) is 15.6. The minimum atomic E-state index is -3.18. The van der Waals surface area contributed by atoms with E-state index in [9.17, 15) is 9.36 Å². The molecule has 0 bridgehead atoms. The first-order valence-electron chi connectivity index (χ1n) is 7.04. The van der Waals surface area contributed by atoms with E-state index in [1.807, 2.05) is 20.8 Å². The van der Waals surface area contributed by atoms with Gasteiger partial charge in [0, 0.05) is 17.9 Å². The fourth-order valence-corrected chi connectivity index (χ4v) is 4.47. The molecule has 0 aliphatic heterocycles. The van der Waals surface area contributed by atoms with Crippen LogP contribution >= 0.6 is 23.4 Å². The summed E-state index contributed by atoms with van der Waals surface area (Å²) in [5, 5.41) is 0.823. The lowest BCUT2D eigenvalue weighted by atomic mass is 10.4. The number of hydrogen-bond donors (Lipinski definition) is 0. The van der Waals surface area contributed by atoms with Crippen LogP contribution in [0.15, 0.2) is 0 Å². The van der Waals surface area contributed by atoms with Gasteiger partial charge in [0.05, 0.1) is 13.7 Å². The van der Waals surface area contributed by atoms with Crippen molar-refractivity contribution in [1.29, 1.82) is 0 Å². The van der Waals surface area contributed by atoms with Crippen molar-refractivity contribution in [1.82, 2.24) is 4.67 Å². The Hall–Kier alpha value is 0.100. The molecular weight excluding hydrogens is 345 g/mol. The molecule has 0 aliphatic rings. The molecule has 1 unspecified atom stereocenters. The van der Waals surface area contributed by atoms with Crippen LogP contribution in [0.3, 0.4) is 0 Å². The third kappa shape index (κ3) is 7.21. The van der Waals surface area contributed by atoms with Crippen molar-refractivity contribution in [3.63, 3.8) is 0 Å². The van der Waals surface area contributed by atoms with Crippen molar-refractivity contribution in [2.24, 2.45) is 0 Å². The van der Waals surface area contributed by atoms with Gasteiger partial charge >= 0.3 is 5.97 Å². The van der Waals surface area contributed by atoms with Gasteiger partial charge in [0.1, 0.15) is 6.16 Å². The van der Waals surface area contributed by atoms with Gasteiger partial charge in [-0.05, 0) is 26.7 Å². The number of ether oxygens (including phenoxy) is 1. The van der Waals surface area contributed by atoms with Crippen LogP contribution in [-0.4, -0.2) is 48.4 Å². The number of halogens is 1. The number of carbonyl (C=O) groups excluding carboxylic acids is 1. The summed E-state index contributed by atoms with van der Waals surface area (Å²) in [5.74, 6) is -0.491. The van der Waals surface area contributed by atoms with Crippen LogP contribution in [-0.2, 0) is 18.6 Å². The number of rotatable bonds is 11. The van der Waals surface area contributed by atoms with Gasteiger partial charge in [-0.15, -0.1) is 0 Å². The lowest BCUT2D eigenvalue weighted by molar-refractivity contribution is -0.137. The molecule has 0 saturated heterocycles. The van der Waals surface area contributed by atoms with Crippen LogP contribution in [0.25, 0.3) is 0 Å². The van der Waals surface area contributed by atoms with E-state index >= 15 is 0 Å². The maximum absolute atomic E-state index is 13.1. The molecule has 0 N–H and O–H groups in total. The zero-order valence-electron chi connectivity index (χ0n) is 12.9. The minimum absolute atomic E-state index is 0.0474. The second kappa shape index (κ2) is 10.8. The van der Waals surface area contributed by atoms with Gasteiger partial charge < -0.3 is 9.26 Å². The van der Waals surface area contributed by atoms with E-state index in [-0.39, 0.29) is 12.2 Å². The van der Waals surface area contributed by atoms with Gasteiger partial charge in [0.25, 0.3) is 7.52 Å². The average molecular weight is 372 g/mol. The molecular formula is C13H27BrNO4P. The molecule has 5 nitrogen and oxygen atoms in total. The number of carbonyl (C=O) groups is 1. The highest BCUT2D eigenvalue weighted by atomic mass is 79.9. The van der Waals surface area contributed by atoms with E-state index in [1.54, 1.807) is 4.67 Å². The molecule has 20 heavy (non-hydrogen) atoms. The lowest BCUT2D eigenvalue weighted by Gasteiger charge is -2.33. The Morgan fingerprint density at radius 3 is 2.45 bits per heavy atom. The quantitative estimate of drug-likeness (QED) is 0.240. The zero-order valence-corrected chi connectivity index (χ0v) is 15.4. The molecule has 0 spiro atoms. The molecule has 0 aromatic rings. The van der Waals surface area contributed by atoms with Gasteiger partial charge in [-0.3, -0.25) is 9.36 Å². The van der Waals surface area contributed by atoms with E-state index in [1.165, 1.54) is 7.11 Å². The van der Waals surface area contributed by atoms with Gasteiger partial charge in [-0.1, -0.05) is 29.3 Å². The summed E-state index contributed by atoms with van der Waals surface area (Å²) in [5.41, 5.74) is 0. The van der Waals surface area contributed by atoms with Crippen LogP contribution in [0, 0.1) is 0 Å². The first-order valence-corrected chi connectivity index (χ1v) is 9.93. The normalized spacial score (nSPS) is 14.6. The summed E-state index contributed by atoms with van der Waals surface area (Å²) in [4.78, 5) is 11.6. The highest BCUT2D eigenvalue weighted by Gasteiger charge is 2.36. The second-order valence-electron chi connectivity index (χ2n) is 4.86. The van der Waals surface area contributed by atoms with Crippen molar-refractivity contribution >= 4 is 29.4 Å². The molecule has 0 fully saturated rings. The average Bonchev–Trinajstić information content (AvgIpc) is 2.38. The second-order valence-corrected chi connectivity index (χ2v) is 8.01. The summed E-state index contributed by atoms with van der Waals surface area (Å²) in [6, 6.07) is 0.0474. The smallest absolute Gasteiger partial charge is 0.316 e. The maximum Gasteiger partial charge on any atom is 0.316 e. The van der Waals surface area contributed by atoms with Gasteiger partial charge in [-0.2, -0.15) is 0 Å². The summed E-state index contributed by atoms with van der Waals surface area (Å²) in [6.45, 7) is 6.99. The van der Waals surface area contributed by atoms with Crippen LogP contribution in [0.1, 0.15) is 40.0 Å². The number of nitrogens with zero attached hydrogens (tertiary/aromatic N) is 1. The largest absolute Gasteiger partial charge is 0.469 e. The van der Waals surface area contributed by atoms with E-state index < -0.39 is 13.5 Å². The van der Waals surface area contributed by atoms with Crippen LogP contribution in [0.4, 0.5) is 0 Å². The molecule has 0 rings (SSSR count). The number of alkyl halides is 1. The fourth-order valence-electron chi connectivity index (χ4n) is 1.77. The van der Waals surface area contributed by atoms with Gasteiger partial charge in [0.2, 0.25) is 0 Å². The van der Waals surface area contributed by atoms with Crippen molar-refractivity contribution < 1.29 is 18.6 Å². The Kier molecular flexibility index (Phi) is 10.8. The molecule has 7 heteroatoms. The molecule has 0 amide bonds. The Bertz CT molecular complexity index is 325. The van der Waals surface area contributed by atoms with Crippen molar-refractivity contribution in [2.75, 3.05) is 31.8 Å². The van der Waals surface area contributed by atoms with Crippen LogP contribution < -0.4 is 0 Å². The topological polar surface area (TPSA) is 55.8 Å². The molecule has 1 atom stereocenters. The molecule has 0 aromatic carbocycles. The maximum atomic E-state index is 13.1. The van der Waals surface area contributed by atoms with E-state index in [0.717, 1.165) is 24.6 Å². The van der Waals surface area contributed by atoms with Crippen molar-refractivity contribution in [3.05, 3.63) is 0 Å². The molecule has 0 heterocycles. The first-order chi connectivity index (χ1) is 9.41. The number of esters is 1. The summed E-state index contributed by atoms with van der Waals surface area (Å²) in [7, 11) is -1.88. The third-order valence-electron chi connectivity index (χ3n) is 2.86. The first kappa shape index (κ1) is 20.1. The number of methoxy groups -OCH3 is 1. The molecule has 0 radical (unpaired) electrons. The summed E-state index contributed by atoms with van der Waals surface area (Å²) >= 11 is 3.37. The Labute approximate surface area is 131 Å². The monoisotopic (exact) mass is 371 g/mol. The number of unbranched alkanes of at least 4 members (excludes halogenated alkanes) is 1. The molecule has 0 aliphatic carbocycles. The summed E-state index contributed by atoms with van der Waals surface area (Å²) in [6.07, 6.45) is 2.45. The molecule has 0 saturated carbocycles. The standard InChI is InChI=1S/C13H27BrNO4P/c1-5-6-10-19-20(17,11-13(16)18-4)15(12(2)3)9-7-8-14/h12H,5-11H2,1-4H3. The van der Waals surface area contributed by atoms with Gasteiger partial charge in [0.15, 0.2) is 0 Å². The minimum Gasteiger partial charge on any atom is -0.469 e. The predicted molar refractivity (Wildman–Crippen MR) is 85.6 cm³/mol. The number of hydrogen-bond acceptors (Lipinski definition) is 4. The summed E-state index contributed by atoms with van der Waals surface area (Å²) < 4.78 is 25.2. The lowest BCUT2D eigenvalue weighted by Crippen LogP contribution is -2.33. The van der Waals surface area contributed by atoms with E-state index in [0.29, 0.717) is 13.2 Å². The molecule has 120 valence electrons. The fraction of sp³-hybridized carbons (Fsp3) is 0.923. The Balaban J connectivity index is 5.00. The van der Waals surface area contributed by atoms with Gasteiger partial charge in [-0.25, -0.2) is 4.67 Å². The Morgan fingerprint density at radius 2 is 2.00 bits per heavy atom. The van der Waals surface area contributed by atoms with E-state index in [2.05, 4.69) is 20.7 Å². The Morgan fingerprint density at radius 1 is 1.35 bits per heavy atom. The van der Waals surface area contributed by atoms with Crippen LogP contribution in [0.2, 0.25) is 0 Å². The van der Waals surface area contributed by atoms with Crippen LogP contribution in [0.5, 0.6) is 0 Å². The SMILES string of the molecule is CCCCOP(=O)(CC(=O)OC)N(CCCBr)C(C)C. The molecule has 0 aromatic heterocycles. The highest BCUT2D eigenvalue weighted by Crippen LogP contribution is 2.52. The predicted octanol–water partition coefficient (Wildman–Crippen LogP) is 3.66. The highest BCUT2D eigenvalue weighted by molar-refractivity contribution is 9.09. The van der Waals surface area contributed by atoms with E-state index in [4.69, 9.17) is 4.52 Å². The van der Waals surface area contributed by atoms with Crippen molar-refractivity contribution in [3.8, 4) is 0 Å². The third-order valence-corrected chi connectivity index (χ3v) is 6.11.